The van der Waals surface area contributed by atoms with Crippen LogP contribution in [-0.2, 0) is 4.79 Å². The summed E-state index contributed by atoms with van der Waals surface area (Å²) >= 11 is 0. The number of hydrogen-bond donors (Lipinski definition) is 1. The maximum absolute atomic E-state index is 11.0. The number of hydrogen-bond acceptors (Lipinski definition) is 3. The van der Waals surface area contributed by atoms with Crippen LogP contribution in [0.5, 0.6) is 0 Å². The Labute approximate surface area is 86.0 Å². The van der Waals surface area contributed by atoms with E-state index in [1.165, 1.54) is 6.42 Å². The summed E-state index contributed by atoms with van der Waals surface area (Å²) in [6.45, 7) is 6.45. The molecule has 2 N–H and O–H groups in total. The molecule has 4 heteroatoms. The third-order valence-electron chi connectivity index (χ3n) is 2.88. The number of nitrogens with zero attached hydrogens (tertiary/aromatic N) is 2. The second-order valence-corrected chi connectivity index (χ2v) is 4.14. The zero-order valence-electron chi connectivity index (χ0n) is 9.20. The van der Waals surface area contributed by atoms with Crippen LogP contribution in [-0.4, -0.2) is 55.5 Å². The van der Waals surface area contributed by atoms with E-state index in [0.717, 1.165) is 32.7 Å². The molecule has 0 radical (unpaired) electrons. The SMILES string of the molecule is CC(=O)N(C)C[C@H]1CCN(CCN)C1. The Morgan fingerprint density at radius 3 is 2.93 bits per heavy atom. The van der Waals surface area contributed by atoms with Crippen LogP contribution in [0.2, 0.25) is 0 Å². The van der Waals surface area contributed by atoms with Crippen LogP contribution in [0.25, 0.3) is 0 Å². The zero-order valence-corrected chi connectivity index (χ0v) is 9.20. The third kappa shape index (κ3) is 3.27. The molecule has 1 rings (SSSR count). The molecule has 82 valence electrons. The van der Waals surface area contributed by atoms with E-state index in [1.54, 1.807) is 11.8 Å². The Balaban J connectivity index is 2.25. The second-order valence-electron chi connectivity index (χ2n) is 4.14. The molecule has 1 heterocycles. The number of amides is 1. The lowest BCUT2D eigenvalue weighted by Crippen LogP contribution is -2.32. The predicted octanol–water partition coefficient (Wildman–Crippen LogP) is -0.255. The molecule has 1 saturated heterocycles. The van der Waals surface area contributed by atoms with Crippen molar-refractivity contribution in [2.45, 2.75) is 13.3 Å². The molecule has 1 aliphatic heterocycles. The molecular formula is C10H21N3O. The Morgan fingerprint density at radius 2 is 2.36 bits per heavy atom. The number of carbonyl (C=O) groups is 1. The van der Waals surface area contributed by atoms with Crippen molar-refractivity contribution in [2.24, 2.45) is 11.7 Å². The van der Waals surface area contributed by atoms with Crippen molar-refractivity contribution >= 4 is 5.91 Å². The first kappa shape index (κ1) is 11.5. The van der Waals surface area contributed by atoms with Gasteiger partial charge < -0.3 is 15.5 Å². The van der Waals surface area contributed by atoms with E-state index in [-0.39, 0.29) is 5.91 Å². The zero-order chi connectivity index (χ0) is 10.6. The lowest BCUT2D eigenvalue weighted by atomic mass is 10.1. The minimum atomic E-state index is 0.155. The lowest BCUT2D eigenvalue weighted by Gasteiger charge is -2.20. The summed E-state index contributed by atoms with van der Waals surface area (Å²) in [6.07, 6.45) is 1.19. The fraction of sp³-hybridized carbons (Fsp3) is 0.900. The molecule has 4 nitrogen and oxygen atoms in total. The van der Waals surface area contributed by atoms with E-state index in [1.807, 2.05) is 7.05 Å². The first-order chi connectivity index (χ1) is 6.63. The molecule has 1 aliphatic rings. The van der Waals surface area contributed by atoms with E-state index in [2.05, 4.69) is 4.90 Å². The van der Waals surface area contributed by atoms with Gasteiger partial charge in [-0.3, -0.25) is 4.79 Å². The molecule has 0 bridgehead atoms. The van der Waals surface area contributed by atoms with Gasteiger partial charge in [-0.05, 0) is 18.9 Å². The van der Waals surface area contributed by atoms with Gasteiger partial charge in [-0.1, -0.05) is 0 Å². The molecule has 14 heavy (non-hydrogen) atoms. The topological polar surface area (TPSA) is 49.6 Å². The quantitative estimate of drug-likeness (QED) is 0.679. The number of rotatable bonds is 4. The predicted molar refractivity (Wildman–Crippen MR) is 56.9 cm³/mol. The van der Waals surface area contributed by atoms with E-state index in [9.17, 15) is 4.79 Å². The van der Waals surface area contributed by atoms with Crippen molar-refractivity contribution < 1.29 is 4.79 Å². The third-order valence-corrected chi connectivity index (χ3v) is 2.88. The van der Waals surface area contributed by atoms with E-state index >= 15 is 0 Å². The van der Waals surface area contributed by atoms with Crippen LogP contribution < -0.4 is 5.73 Å². The minimum Gasteiger partial charge on any atom is -0.346 e. The summed E-state index contributed by atoms with van der Waals surface area (Å²) in [6, 6.07) is 0. The largest absolute Gasteiger partial charge is 0.346 e. The molecule has 0 aliphatic carbocycles. The van der Waals surface area contributed by atoms with Crippen LogP contribution in [0.4, 0.5) is 0 Å². The van der Waals surface area contributed by atoms with Gasteiger partial charge in [-0.2, -0.15) is 0 Å². The summed E-state index contributed by atoms with van der Waals surface area (Å²) in [7, 11) is 1.87. The number of nitrogens with two attached hydrogens (primary N) is 1. The Bertz CT molecular complexity index is 196. The second kappa shape index (κ2) is 5.32. The van der Waals surface area contributed by atoms with Gasteiger partial charge in [0.1, 0.15) is 0 Å². The van der Waals surface area contributed by atoms with E-state index < -0.39 is 0 Å². The van der Waals surface area contributed by atoms with Crippen molar-refractivity contribution in [2.75, 3.05) is 39.8 Å². The summed E-state index contributed by atoms with van der Waals surface area (Å²) in [5.74, 6) is 0.790. The van der Waals surface area contributed by atoms with Gasteiger partial charge in [0.25, 0.3) is 0 Å². The van der Waals surface area contributed by atoms with E-state index in [0.29, 0.717) is 5.92 Å². The van der Waals surface area contributed by atoms with Crippen molar-refractivity contribution in [3.05, 3.63) is 0 Å². The first-order valence-corrected chi connectivity index (χ1v) is 5.27. The molecule has 0 aromatic carbocycles. The lowest BCUT2D eigenvalue weighted by molar-refractivity contribution is -0.128. The number of likely N-dealkylation sites (tertiary alicyclic amines) is 1. The summed E-state index contributed by atoms with van der Waals surface area (Å²) in [5, 5.41) is 0. The van der Waals surface area contributed by atoms with Crippen molar-refractivity contribution in [3.8, 4) is 0 Å². The van der Waals surface area contributed by atoms with Crippen LogP contribution in [0.15, 0.2) is 0 Å². The first-order valence-electron chi connectivity index (χ1n) is 5.27. The normalized spacial score (nSPS) is 22.6. The fourth-order valence-electron chi connectivity index (χ4n) is 1.96. The average Bonchev–Trinajstić information content (AvgIpc) is 2.53. The molecular weight excluding hydrogens is 178 g/mol. The summed E-state index contributed by atoms with van der Waals surface area (Å²) in [5.41, 5.74) is 5.50. The Hall–Kier alpha value is -0.610. The highest BCUT2D eigenvalue weighted by Gasteiger charge is 2.23. The molecule has 1 atom stereocenters. The summed E-state index contributed by atoms with van der Waals surface area (Å²) in [4.78, 5) is 15.2. The van der Waals surface area contributed by atoms with Crippen LogP contribution in [0.3, 0.4) is 0 Å². The smallest absolute Gasteiger partial charge is 0.219 e. The van der Waals surface area contributed by atoms with Crippen LogP contribution in [0.1, 0.15) is 13.3 Å². The highest BCUT2D eigenvalue weighted by atomic mass is 16.2. The molecule has 0 saturated carbocycles. The van der Waals surface area contributed by atoms with Gasteiger partial charge >= 0.3 is 0 Å². The van der Waals surface area contributed by atoms with Gasteiger partial charge in [-0.15, -0.1) is 0 Å². The van der Waals surface area contributed by atoms with Crippen LogP contribution in [0, 0.1) is 5.92 Å². The van der Waals surface area contributed by atoms with Gasteiger partial charge in [0.15, 0.2) is 0 Å². The van der Waals surface area contributed by atoms with Gasteiger partial charge in [0.2, 0.25) is 5.91 Å². The van der Waals surface area contributed by atoms with Crippen molar-refractivity contribution in [1.82, 2.24) is 9.80 Å². The maximum Gasteiger partial charge on any atom is 0.219 e. The Kier molecular flexibility index (Phi) is 4.35. The molecule has 0 aromatic heterocycles. The van der Waals surface area contributed by atoms with Gasteiger partial charge in [-0.25, -0.2) is 0 Å². The van der Waals surface area contributed by atoms with Crippen LogP contribution >= 0.6 is 0 Å². The van der Waals surface area contributed by atoms with Crippen molar-refractivity contribution in [3.63, 3.8) is 0 Å². The molecule has 1 fully saturated rings. The molecule has 1 amide bonds. The van der Waals surface area contributed by atoms with E-state index in [4.69, 9.17) is 5.73 Å². The van der Waals surface area contributed by atoms with Crippen molar-refractivity contribution in [1.29, 1.82) is 0 Å². The highest BCUT2D eigenvalue weighted by Crippen LogP contribution is 2.16. The average molecular weight is 199 g/mol. The molecule has 0 aromatic rings. The monoisotopic (exact) mass is 199 g/mol. The summed E-state index contributed by atoms with van der Waals surface area (Å²) < 4.78 is 0. The fourth-order valence-corrected chi connectivity index (χ4v) is 1.96. The molecule has 0 unspecified atom stereocenters. The minimum absolute atomic E-state index is 0.155. The maximum atomic E-state index is 11.0. The highest BCUT2D eigenvalue weighted by molar-refractivity contribution is 5.72. The van der Waals surface area contributed by atoms with Gasteiger partial charge in [0.05, 0.1) is 0 Å². The Morgan fingerprint density at radius 1 is 1.64 bits per heavy atom. The van der Waals surface area contributed by atoms with Gasteiger partial charge in [0, 0.05) is 40.2 Å². The molecule has 0 spiro atoms. The number of carbonyl (C=O) groups excluding carboxylic acids is 1. The standard InChI is InChI=1S/C10H21N3O/c1-9(14)12(2)7-10-3-5-13(8-10)6-4-11/h10H,3-8,11H2,1-2H3/t10-/m1/s1.